The summed E-state index contributed by atoms with van der Waals surface area (Å²) in [6, 6.07) is 0. The van der Waals surface area contributed by atoms with Gasteiger partial charge in [-0.2, -0.15) is 0 Å². The zero-order valence-corrected chi connectivity index (χ0v) is 9.53. The lowest BCUT2D eigenvalue weighted by molar-refractivity contribution is -0.118. The summed E-state index contributed by atoms with van der Waals surface area (Å²) in [6.07, 6.45) is 1.03. The minimum atomic E-state index is -3.25. The molecule has 0 saturated heterocycles. The smallest absolute Gasteiger partial charge is 0.279 e. The molecule has 0 saturated carbocycles. The minimum Gasteiger partial charge on any atom is -0.349 e. The maximum atomic E-state index is 12.6. The molecule has 0 radical (unpaired) electrons. The molecule has 5 nitrogen and oxygen atoms in total. The lowest BCUT2D eigenvalue weighted by Crippen LogP contribution is -2.35. The van der Waals surface area contributed by atoms with Crippen LogP contribution in [0, 0.1) is 0 Å². The van der Waals surface area contributed by atoms with Gasteiger partial charge in [0.05, 0.1) is 5.75 Å². The van der Waals surface area contributed by atoms with Crippen molar-refractivity contribution >= 4 is 15.9 Å². The summed E-state index contributed by atoms with van der Waals surface area (Å²) < 4.78 is 36.6. The van der Waals surface area contributed by atoms with Crippen molar-refractivity contribution in [3.05, 3.63) is 11.9 Å². The van der Waals surface area contributed by atoms with Crippen molar-refractivity contribution in [3.8, 4) is 0 Å². The molecular weight excluding hydrogens is 223 g/mol. The summed E-state index contributed by atoms with van der Waals surface area (Å²) in [6.45, 7) is 3.01. The highest BCUT2D eigenvalue weighted by atomic mass is 32.2. The Labute approximate surface area is 88.8 Å². The average Bonchev–Trinajstić information content (AvgIpc) is 2.22. The Morgan fingerprint density at radius 2 is 2.00 bits per heavy atom. The first kappa shape index (κ1) is 14.1. The van der Waals surface area contributed by atoms with Crippen LogP contribution in [-0.4, -0.2) is 33.2 Å². The third-order valence-corrected chi connectivity index (χ3v) is 2.99. The predicted octanol–water partition coefficient (Wildman–Crippen LogP) is -0.0848. The van der Waals surface area contributed by atoms with E-state index in [2.05, 4.69) is 10.0 Å². The van der Waals surface area contributed by atoms with Crippen molar-refractivity contribution in [3.63, 3.8) is 0 Å². The quantitative estimate of drug-likeness (QED) is 0.502. The van der Waals surface area contributed by atoms with E-state index in [-0.39, 0.29) is 18.8 Å². The maximum Gasteiger partial charge on any atom is 0.279 e. The van der Waals surface area contributed by atoms with Crippen LogP contribution in [0.25, 0.3) is 0 Å². The zero-order valence-electron chi connectivity index (χ0n) is 8.71. The monoisotopic (exact) mass is 238 g/mol. The number of rotatable bonds is 6. The molecule has 0 bridgehead atoms. The number of carbonyl (C=O) groups excluding carboxylic acids is 1. The van der Waals surface area contributed by atoms with Crippen molar-refractivity contribution in [2.24, 2.45) is 0 Å². The predicted molar refractivity (Wildman–Crippen MR) is 55.3 cm³/mol. The first-order valence-electron chi connectivity index (χ1n) is 4.50. The van der Waals surface area contributed by atoms with Crippen molar-refractivity contribution in [2.75, 3.05) is 18.8 Å². The minimum absolute atomic E-state index is 0.0236. The number of allylic oxidation sites excluding steroid dienone is 1. The zero-order chi connectivity index (χ0) is 11.9. The van der Waals surface area contributed by atoms with E-state index < -0.39 is 21.8 Å². The van der Waals surface area contributed by atoms with Crippen molar-refractivity contribution < 1.29 is 17.6 Å². The number of halogens is 1. The highest BCUT2D eigenvalue weighted by Gasteiger charge is 2.07. The number of sulfonamides is 1. The largest absolute Gasteiger partial charge is 0.349 e. The molecule has 0 aliphatic heterocycles. The molecule has 0 aliphatic carbocycles. The van der Waals surface area contributed by atoms with Gasteiger partial charge in [0.15, 0.2) is 5.83 Å². The number of amides is 1. The third-order valence-electron chi connectivity index (χ3n) is 1.58. The molecule has 0 fully saturated rings. The van der Waals surface area contributed by atoms with Crippen LogP contribution in [0.3, 0.4) is 0 Å². The second-order valence-corrected chi connectivity index (χ2v) is 4.79. The summed E-state index contributed by atoms with van der Waals surface area (Å²) >= 11 is 0. The number of hydrogen-bond donors (Lipinski definition) is 2. The molecular formula is C8H15FN2O3S. The molecule has 0 heterocycles. The average molecular weight is 238 g/mol. The van der Waals surface area contributed by atoms with Gasteiger partial charge >= 0.3 is 0 Å². The molecule has 0 aromatic heterocycles. The van der Waals surface area contributed by atoms with E-state index in [4.69, 9.17) is 0 Å². The van der Waals surface area contributed by atoms with Crippen LogP contribution >= 0.6 is 0 Å². The fraction of sp³-hybridized carbons (Fsp3) is 0.625. The first-order chi connectivity index (χ1) is 6.93. The molecule has 0 atom stereocenters. The first-order valence-corrected chi connectivity index (χ1v) is 6.15. The Kier molecular flexibility index (Phi) is 6.11. The number of nitrogens with one attached hydrogen (secondary N) is 2. The SMILES string of the molecule is CC=C(F)C(=O)NCCNS(=O)(=O)CC. The summed E-state index contributed by atoms with van der Waals surface area (Å²) in [5.41, 5.74) is 0. The lowest BCUT2D eigenvalue weighted by atomic mass is 10.4. The molecule has 0 aromatic rings. The number of hydrogen-bond acceptors (Lipinski definition) is 3. The second kappa shape index (κ2) is 6.52. The Balaban J connectivity index is 3.78. The van der Waals surface area contributed by atoms with Crippen molar-refractivity contribution in [1.29, 1.82) is 0 Å². The fourth-order valence-electron chi connectivity index (χ4n) is 0.700. The standard InChI is InChI=1S/C8H15FN2O3S/c1-3-7(9)8(12)10-5-6-11-15(13,14)4-2/h3,11H,4-6H2,1-2H3,(H,10,12). The van der Waals surface area contributed by atoms with E-state index in [0.29, 0.717) is 0 Å². The van der Waals surface area contributed by atoms with Crippen molar-refractivity contribution in [2.45, 2.75) is 13.8 Å². The molecule has 88 valence electrons. The van der Waals surface area contributed by atoms with Crippen LogP contribution in [0.1, 0.15) is 13.8 Å². The summed E-state index contributed by atoms with van der Waals surface area (Å²) in [4.78, 5) is 10.8. The highest BCUT2D eigenvalue weighted by Crippen LogP contribution is 1.93. The molecule has 0 aliphatic rings. The summed E-state index contributed by atoms with van der Waals surface area (Å²) in [5.74, 6) is -1.74. The Morgan fingerprint density at radius 3 is 2.47 bits per heavy atom. The van der Waals surface area contributed by atoms with E-state index in [9.17, 15) is 17.6 Å². The van der Waals surface area contributed by atoms with Gasteiger partial charge in [0.2, 0.25) is 10.0 Å². The maximum absolute atomic E-state index is 12.6. The van der Waals surface area contributed by atoms with Gasteiger partial charge in [0.1, 0.15) is 0 Å². The topological polar surface area (TPSA) is 75.3 Å². The molecule has 0 rings (SSSR count). The van der Waals surface area contributed by atoms with Gasteiger partial charge in [-0.15, -0.1) is 0 Å². The molecule has 15 heavy (non-hydrogen) atoms. The Morgan fingerprint density at radius 1 is 1.40 bits per heavy atom. The van der Waals surface area contributed by atoms with Gasteiger partial charge in [0, 0.05) is 13.1 Å². The van der Waals surface area contributed by atoms with Gasteiger partial charge in [-0.25, -0.2) is 17.5 Å². The van der Waals surface area contributed by atoms with Gasteiger partial charge in [0.25, 0.3) is 5.91 Å². The molecule has 0 spiro atoms. The fourth-order valence-corrected chi connectivity index (χ4v) is 1.32. The second-order valence-electron chi connectivity index (χ2n) is 2.69. The van der Waals surface area contributed by atoms with Crippen molar-refractivity contribution in [1.82, 2.24) is 10.0 Å². The summed E-state index contributed by atoms with van der Waals surface area (Å²) in [5, 5.41) is 2.22. The van der Waals surface area contributed by atoms with E-state index in [0.717, 1.165) is 6.08 Å². The van der Waals surface area contributed by atoms with Gasteiger partial charge < -0.3 is 5.32 Å². The number of carbonyl (C=O) groups is 1. The molecule has 0 unspecified atom stereocenters. The van der Waals surface area contributed by atoms with Crippen LogP contribution in [0.4, 0.5) is 4.39 Å². The van der Waals surface area contributed by atoms with Gasteiger partial charge in [-0.1, -0.05) is 0 Å². The van der Waals surface area contributed by atoms with E-state index in [1.54, 1.807) is 0 Å². The van der Waals surface area contributed by atoms with Crippen LogP contribution in [0.2, 0.25) is 0 Å². The molecule has 1 amide bonds. The molecule has 0 aromatic carbocycles. The molecule has 2 N–H and O–H groups in total. The lowest BCUT2D eigenvalue weighted by Gasteiger charge is -2.05. The van der Waals surface area contributed by atoms with Crippen LogP contribution < -0.4 is 10.0 Å². The Bertz CT molecular complexity index is 338. The summed E-state index contributed by atoms with van der Waals surface area (Å²) in [7, 11) is -3.25. The van der Waals surface area contributed by atoms with E-state index in [1.807, 2.05) is 0 Å². The van der Waals surface area contributed by atoms with Gasteiger partial charge in [-0.3, -0.25) is 4.79 Å². The van der Waals surface area contributed by atoms with E-state index in [1.165, 1.54) is 13.8 Å². The van der Waals surface area contributed by atoms with Gasteiger partial charge in [-0.05, 0) is 19.9 Å². The van der Waals surface area contributed by atoms with E-state index >= 15 is 0 Å². The van der Waals surface area contributed by atoms with Crippen LogP contribution in [0.5, 0.6) is 0 Å². The van der Waals surface area contributed by atoms with Crippen LogP contribution in [0.15, 0.2) is 11.9 Å². The highest BCUT2D eigenvalue weighted by molar-refractivity contribution is 7.89. The third kappa shape index (κ3) is 6.19. The normalized spacial score (nSPS) is 12.6. The molecule has 7 heteroatoms. The Hall–Kier alpha value is -0.950. The van der Waals surface area contributed by atoms with Crippen LogP contribution in [-0.2, 0) is 14.8 Å².